The van der Waals surface area contributed by atoms with Gasteiger partial charge in [-0.3, -0.25) is 9.69 Å². The van der Waals surface area contributed by atoms with Crippen LogP contribution in [0.1, 0.15) is 34.1 Å². The molecule has 1 unspecified atom stereocenters. The smallest absolute Gasteiger partial charge is 0.237 e. The molecule has 1 fully saturated rings. The number of carbonyl (C=O) groups excluding carboxylic acids is 1. The molecule has 2 N–H and O–H groups in total. The maximum absolute atomic E-state index is 12.1. The molecule has 5 nitrogen and oxygen atoms in total. The van der Waals surface area contributed by atoms with E-state index in [9.17, 15) is 4.79 Å². The summed E-state index contributed by atoms with van der Waals surface area (Å²) in [6, 6.07) is 0.643. The van der Waals surface area contributed by atoms with Crippen molar-refractivity contribution in [2.45, 2.75) is 46.2 Å². The Morgan fingerprint density at radius 2 is 1.90 bits per heavy atom. The standard InChI is InChI=1S/C16H34N4O/c1-13(2)12-20-9-6-15(20)16(21)18-8-11-19(5)10-7-17-14(3)4/h13-15,17H,6-12H2,1-5H3,(H,18,21). The second kappa shape index (κ2) is 9.38. The number of nitrogens with one attached hydrogen (secondary N) is 2. The van der Waals surface area contributed by atoms with Crippen LogP contribution in [0.4, 0.5) is 0 Å². The minimum absolute atomic E-state index is 0.111. The summed E-state index contributed by atoms with van der Waals surface area (Å²) >= 11 is 0. The summed E-state index contributed by atoms with van der Waals surface area (Å²) < 4.78 is 0. The normalized spacial score (nSPS) is 19.3. The summed E-state index contributed by atoms with van der Waals surface area (Å²) in [5, 5.41) is 6.48. The fraction of sp³-hybridized carbons (Fsp3) is 0.938. The first-order valence-electron chi connectivity index (χ1n) is 8.33. The Morgan fingerprint density at radius 3 is 2.43 bits per heavy atom. The minimum Gasteiger partial charge on any atom is -0.353 e. The molecule has 1 amide bonds. The SMILES string of the molecule is CC(C)CN1CCC1C(=O)NCCN(C)CCNC(C)C. The number of rotatable bonds is 10. The van der Waals surface area contributed by atoms with Crippen LogP contribution in [-0.2, 0) is 4.79 Å². The molecule has 0 radical (unpaired) electrons. The maximum atomic E-state index is 12.1. The van der Waals surface area contributed by atoms with Gasteiger partial charge in [0.15, 0.2) is 0 Å². The van der Waals surface area contributed by atoms with E-state index in [1.165, 1.54) is 0 Å². The van der Waals surface area contributed by atoms with Crippen molar-refractivity contribution in [3.63, 3.8) is 0 Å². The molecule has 0 aromatic carbocycles. The van der Waals surface area contributed by atoms with Crippen LogP contribution in [0.3, 0.4) is 0 Å². The third-order valence-corrected chi connectivity index (χ3v) is 3.87. The number of nitrogens with zero attached hydrogens (tertiary/aromatic N) is 2. The number of amides is 1. The highest BCUT2D eigenvalue weighted by atomic mass is 16.2. The van der Waals surface area contributed by atoms with E-state index in [0.29, 0.717) is 12.0 Å². The van der Waals surface area contributed by atoms with Crippen molar-refractivity contribution in [1.29, 1.82) is 0 Å². The van der Waals surface area contributed by atoms with Gasteiger partial charge in [0, 0.05) is 45.3 Å². The summed E-state index contributed by atoms with van der Waals surface area (Å²) in [6.07, 6.45) is 1.01. The summed E-state index contributed by atoms with van der Waals surface area (Å²) in [7, 11) is 2.10. The van der Waals surface area contributed by atoms with Gasteiger partial charge in [0.05, 0.1) is 6.04 Å². The molecule has 1 heterocycles. The van der Waals surface area contributed by atoms with Gasteiger partial charge in [-0.25, -0.2) is 0 Å². The van der Waals surface area contributed by atoms with Crippen molar-refractivity contribution in [2.75, 3.05) is 46.3 Å². The van der Waals surface area contributed by atoms with Gasteiger partial charge in [0.1, 0.15) is 0 Å². The molecular formula is C16H34N4O. The summed E-state index contributed by atoms with van der Waals surface area (Å²) in [4.78, 5) is 16.7. The lowest BCUT2D eigenvalue weighted by atomic mass is 10.00. The molecular weight excluding hydrogens is 264 g/mol. The van der Waals surface area contributed by atoms with Crippen molar-refractivity contribution in [3.8, 4) is 0 Å². The zero-order chi connectivity index (χ0) is 15.8. The molecule has 1 rings (SSSR count). The Bertz CT molecular complexity index is 307. The monoisotopic (exact) mass is 298 g/mol. The van der Waals surface area contributed by atoms with Crippen molar-refractivity contribution >= 4 is 5.91 Å². The molecule has 0 aromatic rings. The number of hydrogen-bond donors (Lipinski definition) is 2. The number of likely N-dealkylation sites (N-methyl/N-ethyl adjacent to an activating group) is 1. The van der Waals surface area contributed by atoms with Crippen molar-refractivity contribution in [1.82, 2.24) is 20.4 Å². The van der Waals surface area contributed by atoms with Crippen LogP contribution >= 0.6 is 0 Å². The Balaban J connectivity index is 2.10. The van der Waals surface area contributed by atoms with E-state index in [1.54, 1.807) is 0 Å². The van der Waals surface area contributed by atoms with Crippen LogP contribution in [-0.4, -0.2) is 74.1 Å². The van der Waals surface area contributed by atoms with Gasteiger partial charge < -0.3 is 15.5 Å². The first-order chi connectivity index (χ1) is 9.90. The topological polar surface area (TPSA) is 47.6 Å². The van der Waals surface area contributed by atoms with Crippen LogP contribution in [0, 0.1) is 5.92 Å². The minimum atomic E-state index is 0.111. The van der Waals surface area contributed by atoms with E-state index in [-0.39, 0.29) is 11.9 Å². The maximum Gasteiger partial charge on any atom is 0.237 e. The quantitative estimate of drug-likeness (QED) is 0.625. The lowest BCUT2D eigenvalue weighted by Gasteiger charge is -2.40. The molecule has 21 heavy (non-hydrogen) atoms. The Hall–Kier alpha value is -0.650. The third-order valence-electron chi connectivity index (χ3n) is 3.87. The van der Waals surface area contributed by atoms with Gasteiger partial charge in [-0.15, -0.1) is 0 Å². The van der Waals surface area contributed by atoms with E-state index in [1.807, 2.05) is 0 Å². The number of hydrogen-bond acceptors (Lipinski definition) is 4. The highest BCUT2D eigenvalue weighted by Gasteiger charge is 2.33. The van der Waals surface area contributed by atoms with E-state index in [2.05, 4.69) is 55.2 Å². The zero-order valence-corrected chi connectivity index (χ0v) is 14.5. The fourth-order valence-electron chi connectivity index (χ4n) is 2.57. The number of likely N-dealkylation sites (tertiary alicyclic amines) is 1. The molecule has 0 aromatic heterocycles. The first-order valence-corrected chi connectivity index (χ1v) is 8.33. The molecule has 1 aliphatic rings. The highest BCUT2D eigenvalue weighted by molar-refractivity contribution is 5.82. The van der Waals surface area contributed by atoms with Crippen molar-refractivity contribution in [3.05, 3.63) is 0 Å². The molecule has 0 bridgehead atoms. The van der Waals surface area contributed by atoms with Crippen LogP contribution in [0.15, 0.2) is 0 Å². The van der Waals surface area contributed by atoms with Crippen LogP contribution in [0.2, 0.25) is 0 Å². The first kappa shape index (κ1) is 18.4. The second-order valence-electron chi connectivity index (χ2n) is 6.90. The van der Waals surface area contributed by atoms with Gasteiger partial charge in [-0.1, -0.05) is 27.7 Å². The lowest BCUT2D eigenvalue weighted by molar-refractivity contribution is -0.131. The summed E-state index contributed by atoms with van der Waals surface area (Å²) in [5.41, 5.74) is 0. The molecule has 5 heteroatoms. The summed E-state index contributed by atoms with van der Waals surface area (Å²) in [5.74, 6) is 0.829. The molecule has 1 saturated heterocycles. The zero-order valence-electron chi connectivity index (χ0n) is 14.5. The predicted octanol–water partition coefficient (Wildman–Crippen LogP) is 0.763. The van der Waals surface area contributed by atoms with Crippen LogP contribution in [0.5, 0.6) is 0 Å². The Morgan fingerprint density at radius 1 is 1.24 bits per heavy atom. The average molecular weight is 298 g/mol. The van der Waals surface area contributed by atoms with E-state index in [0.717, 1.165) is 45.7 Å². The largest absolute Gasteiger partial charge is 0.353 e. The van der Waals surface area contributed by atoms with E-state index >= 15 is 0 Å². The van der Waals surface area contributed by atoms with Gasteiger partial charge >= 0.3 is 0 Å². The van der Waals surface area contributed by atoms with Crippen molar-refractivity contribution < 1.29 is 4.79 Å². The van der Waals surface area contributed by atoms with Gasteiger partial charge in [0.25, 0.3) is 0 Å². The molecule has 124 valence electrons. The fourth-order valence-corrected chi connectivity index (χ4v) is 2.57. The van der Waals surface area contributed by atoms with Gasteiger partial charge in [0.2, 0.25) is 5.91 Å². The highest BCUT2D eigenvalue weighted by Crippen LogP contribution is 2.18. The molecule has 1 aliphatic heterocycles. The molecule has 1 atom stereocenters. The molecule has 0 spiro atoms. The second-order valence-corrected chi connectivity index (χ2v) is 6.90. The molecule has 0 saturated carbocycles. The number of carbonyl (C=O) groups is 1. The van der Waals surface area contributed by atoms with Crippen LogP contribution in [0.25, 0.3) is 0 Å². The molecule has 0 aliphatic carbocycles. The predicted molar refractivity (Wildman–Crippen MR) is 88.5 cm³/mol. The van der Waals surface area contributed by atoms with E-state index < -0.39 is 0 Å². The third kappa shape index (κ3) is 7.25. The Kier molecular flexibility index (Phi) is 8.22. The van der Waals surface area contributed by atoms with Gasteiger partial charge in [-0.2, -0.15) is 0 Å². The van der Waals surface area contributed by atoms with E-state index in [4.69, 9.17) is 0 Å². The summed E-state index contributed by atoms with van der Waals surface area (Å²) in [6.45, 7) is 14.5. The van der Waals surface area contributed by atoms with Crippen LogP contribution < -0.4 is 10.6 Å². The van der Waals surface area contributed by atoms with Gasteiger partial charge in [-0.05, 0) is 19.4 Å². The average Bonchev–Trinajstić information content (AvgIpc) is 2.34. The van der Waals surface area contributed by atoms with Crippen molar-refractivity contribution in [2.24, 2.45) is 5.92 Å². The lowest BCUT2D eigenvalue weighted by Crippen LogP contribution is -2.57. The Labute approximate surface area is 130 Å².